The van der Waals surface area contributed by atoms with Crippen molar-refractivity contribution < 1.29 is 23.8 Å². The summed E-state index contributed by atoms with van der Waals surface area (Å²) in [7, 11) is 2.80. The minimum Gasteiger partial charge on any atom is -0.493 e. The third-order valence-electron chi connectivity index (χ3n) is 5.79. The Kier molecular flexibility index (Phi) is 5.69. The van der Waals surface area contributed by atoms with Crippen molar-refractivity contribution in [2.45, 2.75) is 38.6 Å². The highest BCUT2D eigenvalue weighted by atomic mass is 16.6. The molecule has 4 atom stereocenters. The van der Waals surface area contributed by atoms with E-state index in [0.717, 1.165) is 11.8 Å². The van der Waals surface area contributed by atoms with E-state index in [2.05, 4.69) is 17.0 Å². The third-order valence-corrected chi connectivity index (χ3v) is 5.79. The van der Waals surface area contributed by atoms with Crippen molar-refractivity contribution in [3.63, 3.8) is 0 Å². The molecule has 1 amide bonds. The quantitative estimate of drug-likeness (QED) is 0.756. The van der Waals surface area contributed by atoms with Crippen molar-refractivity contribution in [3.05, 3.63) is 23.8 Å². The standard InChI is InChI=1S/C20H27NO5/c1-12(16-9-13-4-5-14(16)8-13)21-20(23)15-6-7-17(18(10-15)24-2)26-11-19(22)25-3/h6-7,10,12-14,16H,4-5,8-9,11H2,1-3H3,(H,21,23). The van der Waals surface area contributed by atoms with Crippen molar-refractivity contribution in [1.29, 1.82) is 0 Å². The summed E-state index contributed by atoms with van der Waals surface area (Å²) in [5.41, 5.74) is 0.516. The van der Waals surface area contributed by atoms with Crippen LogP contribution in [0.25, 0.3) is 0 Å². The maximum absolute atomic E-state index is 12.6. The lowest BCUT2D eigenvalue weighted by Gasteiger charge is -2.28. The number of carbonyl (C=O) groups excluding carboxylic acids is 2. The average molecular weight is 361 g/mol. The predicted molar refractivity (Wildman–Crippen MR) is 96.4 cm³/mol. The molecule has 0 aliphatic heterocycles. The molecule has 0 saturated heterocycles. The zero-order valence-electron chi connectivity index (χ0n) is 15.6. The minimum absolute atomic E-state index is 0.113. The van der Waals surface area contributed by atoms with Gasteiger partial charge in [-0.25, -0.2) is 4.79 Å². The molecule has 0 aromatic heterocycles. The molecule has 1 aromatic carbocycles. The smallest absolute Gasteiger partial charge is 0.343 e. The van der Waals surface area contributed by atoms with Crippen LogP contribution in [0.5, 0.6) is 11.5 Å². The summed E-state index contributed by atoms with van der Waals surface area (Å²) in [6, 6.07) is 5.12. The van der Waals surface area contributed by atoms with Crippen LogP contribution >= 0.6 is 0 Å². The second-order valence-electron chi connectivity index (χ2n) is 7.33. The number of hydrogen-bond acceptors (Lipinski definition) is 5. The molecule has 0 spiro atoms. The maximum atomic E-state index is 12.6. The summed E-state index contributed by atoms with van der Waals surface area (Å²) in [5.74, 6) is 2.42. The summed E-state index contributed by atoms with van der Waals surface area (Å²) in [6.07, 6.45) is 5.21. The molecule has 142 valence electrons. The molecule has 2 fully saturated rings. The number of esters is 1. The van der Waals surface area contributed by atoms with Crippen LogP contribution in [0.1, 0.15) is 43.0 Å². The van der Waals surface area contributed by atoms with E-state index in [9.17, 15) is 9.59 Å². The molecule has 0 heterocycles. The van der Waals surface area contributed by atoms with Gasteiger partial charge in [0.25, 0.3) is 5.91 Å². The van der Waals surface area contributed by atoms with E-state index < -0.39 is 5.97 Å². The lowest BCUT2D eigenvalue weighted by atomic mass is 9.84. The van der Waals surface area contributed by atoms with Crippen LogP contribution in [0.2, 0.25) is 0 Å². The SMILES string of the molecule is COC(=O)COc1ccc(C(=O)NC(C)C2CC3CCC2C3)cc1OC. The van der Waals surface area contributed by atoms with Crippen LogP contribution in [-0.4, -0.2) is 38.7 Å². The van der Waals surface area contributed by atoms with Crippen LogP contribution in [0.3, 0.4) is 0 Å². The molecule has 6 nitrogen and oxygen atoms in total. The fraction of sp³-hybridized carbons (Fsp3) is 0.600. The Morgan fingerprint density at radius 2 is 2.00 bits per heavy atom. The maximum Gasteiger partial charge on any atom is 0.343 e. The van der Waals surface area contributed by atoms with Crippen LogP contribution < -0.4 is 14.8 Å². The first-order chi connectivity index (χ1) is 12.5. The Morgan fingerprint density at radius 3 is 2.62 bits per heavy atom. The number of nitrogens with one attached hydrogen (secondary N) is 1. The lowest BCUT2D eigenvalue weighted by Crippen LogP contribution is -2.40. The number of methoxy groups -OCH3 is 2. The van der Waals surface area contributed by atoms with Gasteiger partial charge >= 0.3 is 5.97 Å². The number of ether oxygens (including phenoxy) is 3. The predicted octanol–water partition coefficient (Wildman–Crippen LogP) is 2.80. The number of hydrogen-bond donors (Lipinski definition) is 1. The number of carbonyl (C=O) groups is 2. The van der Waals surface area contributed by atoms with E-state index in [1.54, 1.807) is 18.2 Å². The number of amides is 1. The van der Waals surface area contributed by atoms with Gasteiger partial charge in [0.1, 0.15) is 0 Å². The second-order valence-corrected chi connectivity index (χ2v) is 7.33. The molecule has 1 aromatic rings. The van der Waals surface area contributed by atoms with Crippen molar-refractivity contribution in [2.75, 3.05) is 20.8 Å². The Hall–Kier alpha value is -2.24. The van der Waals surface area contributed by atoms with Gasteiger partial charge < -0.3 is 19.5 Å². The molecule has 2 aliphatic carbocycles. The molecule has 2 aliphatic rings. The van der Waals surface area contributed by atoms with Gasteiger partial charge in [-0.05, 0) is 62.1 Å². The van der Waals surface area contributed by atoms with Crippen LogP contribution in [-0.2, 0) is 9.53 Å². The lowest BCUT2D eigenvalue weighted by molar-refractivity contribution is -0.142. The van der Waals surface area contributed by atoms with E-state index in [-0.39, 0.29) is 18.6 Å². The number of rotatable bonds is 7. The van der Waals surface area contributed by atoms with Gasteiger partial charge in [0.05, 0.1) is 14.2 Å². The first-order valence-corrected chi connectivity index (χ1v) is 9.20. The molecule has 3 rings (SSSR count). The first-order valence-electron chi connectivity index (χ1n) is 9.20. The van der Waals surface area contributed by atoms with Crippen LogP contribution in [0.15, 0.2) is 18.2 Å². The Labute approximate surface area is 154 Å². The summed E-state index contributed by atoms with van der Waals surface area (Å²) >= 11 is 0. The largest absolute Gasteiger partial charge is 0.493 e. The fourth-order valence-electron chi connectivity index (χ4n) is 4.43. The molecule has 2 saturated carbocycles. The van der Waals surface area contributed by atoms with Gasteiger partial charge in [0, 0.05) is 11.6 Å². The Balaban J connectivity index is 1.62. The van der Waals surface area contributed by atoms with E-state index in [4.69, 9.17) is 9.47 Å². The topological polar surface area (TPSA) is 73.9 Å². The Morgan fingerprint density at radius 1 is 1.19 bits per heavy atom. The van der Waals surface area contributed by atoms with E-state index >= 15 is 0 Å². The van der Waals surface area contributed by atoms with Gasteiger partial charge in [-0.3, -0.25) is 4.79 Å². The number of fused-ring (bicyclic) bond motifs is 2. The molecular formula is C20H27NO5. The normalized spacial score (nSPS) is 24.8. The number of benzene rings is 1. The highest BCUT2D eigenvalue weighted by Crippen LogP contribution is 2.49. The molecule has 0 radical (unpaired) electrons. The summed E-state index contributed by atoms with van der Waals surface area (Å²) < 4.78 is 15.2. The molecular weight excluding hydrogens is 334 g/mol. The van der Waals surface area contributed by atoms with Crippen molar-refractivity contribution >= 4 is 11.9 Å². The first kappa shape index (κ1) is 18.5. The second kappa shape index (κ2) is 7.98. The summed E-state index contributed by atoms with van der Waals surface area (Å²) in [4.78, 5) is 23.8. The van der Waals surface area contributed by atoms with E-state index in [1.807, 2.05) is 0 Å². The molecule has 26 heavy (non-hydrogen) atoms. The van der Waals surface area contributed by atoms with E-state index in [0.29, 0.717) is 23.0 Å². The van der Waals surface area contributed by atoms with Crippen LogP contribution in [0, 0.1) is 17.8 Å². The minimum atomic E-state index is -0.478. The summed E-state index contributed by atoms with van der Waals surface area (Å²) in [6.45, 7) is 1.90. The molecule has 1 N–H and O–H groups in total. The van der Waals surface area contributed by atoms with Gasteiger partial charge in [-0.2, -0.15) is 0 Å². The van der Waals surface area contributed by atoms with Gasteiger partial charge in [0.15, 0.2) is 18.1 Å². The summed E-state index contributed by atoms with van der Waals surface area (Å²) in [5, 5.41) is 3.14. The molecule has 2 bridgehead atoms. The monoisotopic (exact) mass is 361 g/mol. The third kappa shape index (κ3) is 3.94. The van der Waals surface area contributed by atoms with Gasteiger partial charge in [-0.15, -0.1) is 0 Å². The van der Waals surface area contributed by atoms with Crippen molar-refractivity contribution in [1.82, 2.24) is 5.32 Å². The molecule has 6 heteroatoms. The van der Waals surface area contributed by atoms with Gasteiger partial charge in [-0.1, -0.05) is 6.42 Å². The van der Waals surface area contributed by atoms with E-state index in [1.165, 1.54) is 39.9 Å². The zero-order valence-corrected chi connectivity index (χ0v) is 15.6. The Bertz CT molecular complexity index is 674. The van der Waals surface area contributed by atoms with Crippen molar-refractivity contribution in [3.8, 4) is 11.5 Å². The fourth-order valence-corrected chi connectivity index (χ4v) is 4.43. The molecule has 4 unspecified atom stereocenters. The average Bonchev–Trinajstić information content (AvgIpc) is 3.29. The zero-order chi connectivity index (χ0) is 18.7. The highest BCUT2D eigenvalue weighted by molar-refractivity contribution is 5.95. The van der Waals surface area contributed by atoms with Gasteiger partial charge in [0.2, 0.25) is 0 Å². The highest BCUT2D eigenvalue weighted by Gasteiger charge is 2.42. The van der Waals surface area contributed by atoms with Crippen molar-refractivity contribution in [2.24, 2.45) is 17.8 Å². The van der Waals surface area contributed by atoms with Crippen LogP contribution in [0.4, 0.5) is 0 Å².